The van der Waals surface area contributed by atoms with Gasteiger partial charge in [-0.1, -0.05) is 11.6 Å². The summed E-state index contributed by atoms with van der Waals surface area (Å²) in [5, 5.41) is 3.91. The van der Waals surface area contributed by atoms with Crippen LogP contribution < -0.4 is 5.73 Å². The summed E-state index contributed by atoms with van der Waals surface area (Å²) < 4.78 is 1.86. The highest BCUT2D eigenvalue weighted by molar-refractivity contribution is 7.18. The predicted molar refractivity (Wildman–Crippen MR) is 60.4 cm³/mol. The summed E-state index contributed by atoms with van der Waals surface area (Å²) in [6.45, 7) is 1.75. The van der Waals surface area contributed by atoms with Gasteiger partial charge in [0.1, 0.15) is 0 Å². The van der Waals surface area contributed by atoms with Crippen LogP contribution in [0.4, 0.5) is 5.69 Å². The summed E-state index contributed by atoms with van der Waals surface area (Å²) in [4.78, 5) is 12.4. The van der Waals surface area contributed by atoms with E-state index in [0.717, 1.165) is 0 Å². The third-order valence-electron chi connectivity index (χ3n) is 2.02. The molecule has 78 valence electrons. The molecule has 0 aliphatic carbocycles. The zero-order valence-corrected chi connectivity index (χ0v) is 9.47. The summed E-state index contributed by atoms with van der Waals surface area (Å²) in [7, 11) is 0. The lowest BCUT2D eigenvalue weighted by Crippen LogP contribution is -2.13. The Hall–Kier alpha value is -1.33. The Morgan fingerprint density at radius 3 is 2.80 bits per heavy atom. The molecule has 0 aliphatic rings. The number of anilines is 1. The number of thiophene rings is 1. The van der Waals surface area contributed by atoms with Crippen LogP contribution in [-0.4, -0.2) is 15.7 Å². The second-order valence-electron chi connectivity index (χ2n) is 3.01. The first kappa shape index (κ1) is 10.2. The quantitative estimate of drug-likeness (QED) is 0.833. The highest BCUT2D eigenvalue weighted by atomic mass is 35.5. The average Bonchev–Trinajstić information content (AvgIpc) is 2.75. The topological polar surface area (TPSA) is 60.9 Å². The first-order chi connectivity index (χ1) is 7.09. The molecule has 0 bridgehead atoms. The fourth-order valence-electron chi connectivity index (χ4n) is 1.16. The van der Waals surface area contributed by atoms with Crippen LogP contribution in [0, 0.1) is 6.92 Å². The Morgan fingerprint density at radius 2 is 2.33 bits per heavy atom. The van der Waals surface area contributed by atoms with Crippen molar-refractivity contribution >= 4 is 34.5 Å². The number of carbonyl (C=O) groups is 1. The molecule has 2 rings (SSSR count). The van der Waals surface area contributed by atoms with Crippen LogP contribution in [0.2, 0.25) is 4.34 Å². The molecule has 2 aromatic heterocycles. The zero-order valence-electron chi connectivity index (χ0n) is 7.90. The van der Waals surface area contributed by atoms with E-state index in [9.17, 15) is 4.79 Å². The van der Waals surface area contributed by atoms with Gasteiger partial charge in [0.25, 0.3) is 5.91 Å². The molecule has 0 radical (unpaired) electrons. The minimum Gasteiger partial charge on any atom is -0.396 e. The number of hydrogen-bond donors (Lipinski definition) is 1. The number of hydrogen-bond acceptors (Lipinski definition) is 4. The Morgan fingerprint density at radius 1 is 1.60 bits per heavy atom. The number of carbonyl (C=O) groups excluding carboxylic acids is 1. The zero-order chi connectivity index (χ0) is 11.0. The fourth-order valence-corrected chi connectivity index (χ4v) is 2.13. The van der Waals surface area contributed by atoms with E-state index in [1.165, 1.54) is 22.2 Å². The molecule has 0 atom stereocenters. The molecule has 0 saturated heterocycles. The van der Waals surface area contributed by atoms with Gasteiger partial charge in [-0.3, -0.25) is 4.79 Å². The Kier molecular flexibility index (Phi) is 2.50. The number of halogens is 1. The van der Waals surface area contributed by atoms with Crippen molar-refractivity contribution in [3.63, 3.8) is 0 Å². The van der Waals surface area contributed by atoms with Crippen LogP contribution >= 0.6 is 22.9 Å². The second kappa shape index (κ2) is 3.67. The number of nitrogens with zero attached hydrogens (tertiary/aromatic N) is 2. The number of aromatic nitrogens is 2. The predicted octanol–water partition coefficient (Wildman–Crippen LogP) is 2.18. The molecule has 0 saturated carbocycles. The van der Waals surface area contributed by atoms with Crippen molar-refractivity contribution in [1.29, 1.82) is 0 Å². The van der Waals surface area contributed by atoms with Gasteiger partial charge in [-0.25, -0.2) is 0 Å². The van der Waals surface area contributed by atoms with Gasteiger partial charge in [0.15, 0.2) is 0 Å². The summed E-state index contributed by atoms with van der Waals surface area (Å²) in [6, 6.07) is 3.36. The molecular weight excluding hydrogens is 234 g/mol. The standard InChI is InChI=1S/C9H8ClN3OS/c1-5-6(11)4-12-13(5)9(14)7-2-3-8(10)15-7/h2-4H,11H2,1H3. The second-order valence-corrected chi connectivity index (χ2v) is 4.72. The van der Waals surface area contributed by atoms with Gasteiger partial charge in [-0.2, -0.15) is 9.78 Å². The molecule has 15 heavy (non-hydrogen) atoms. The summed E-state index contributed by atoms with van der Waals surface area (Å²) in [6.07, 6.45) is 1.46. The number of nitrogen functional groups attached to an aromatic ring is 1. The fraction of sp³-hybridized carbons (Fsp3) is 0.111. The first-order valence-electron chi connectivity index (χ1n) is 4.19. The van der Waals surface area contributed by atoms with Crippen molar-refractivity contribution in [3.05, 3.63) is 33.2 Å². The monoisotopic (exact) mass is 241 g/mol. The minimum absolute atomic E-state index is 0.207. The Balaban J connectivity index is 2.41. The van der Waals surface area contributed by atoms with E-state index >= 15 is 0 Å². The highest BCUT2D eigenvalue weighted by Crippen LogP contribution is 2.23. The van der Waals surface area contributed by atoms with Crippen molar-refractivity contribution in [1.82, 2.24) is 9.78 Å². The van der Waals surface area contributed by atoms with Crippen molar-refractivity contribution in [2.75, 3.05) is 5.73 Å². The molecule has 4 nitrogen and oxygen atoms in total. The van der Waals surface area contributed by atoms with Gasteiger partial charge in [-0.15, -0.1) is 11.3 Å². The molecule has 2 heterocycles. The molecule has 0 spiro atoms. The van der Waals surface area contributed by atoms with Crippen LogP contribution in [0.1, 0.15) is 15.4 Å². The molecule has 0 aliphatic heterocycles. The average molecular weight is 242 g/mol. The Bertz CT molecular complexity index is 517. The van der Waals surface area contributed by atoms with Crippen LogP contribution in [0.3, 0.4) is 0 Å². The van der Waals surface area contributed by atoms with Crippen LogP contribution in [0.25, 0.3) is 0 Å². The van der Waals surface area contributed by atoms with E-state index in [0.29, 0.717) is 20.6 Å². The molecule has 2 N–H and O–H groups in total. The maximum Gasteiger partial charge on any atom is 0.288 e. The van der Waals surface area contributed by atoms with Gasteiger partial charge in [0.05, 0.1) is 26.8 Å². The Labute approximate surface area is 95.3 Å². The van der Waals surface area contributed by atoms with Crippen molar-refractivity contribution in [2.24, 2.45) is 0 Å². The van der Waals surface area contributed by atoms with E-state index in [-0.39, 0.29) is 5.91 Å². The van der Waals surface area contributed by atoms with Crippen molar-refractivity contribution < 1.29 is 4.79 Å². The minimum atomic E-state index is -0.207. The van der Waals surface area contributed by atoms with Gasteiger partial charge in [0, 0.05) is 0 Å². The molecule has 0 amide bonds. The van der Waals surface area contributed by atoms with E-state index in [2.05, 4.69) is 5.10 Å². The van der Waals surface area contributed by atoms with E-state index < -0.39 is 0 Å². The van der Waals surface area contributed by atoms with Crippen LogP contribution in [0.5, 0.6) is 0 Å². The molecule has 0 fully saturated rings. The van der Waals surface area contributed by atoms with E-state index in [4.69, 9.17) is 17.3 Å². The van der Waals surface area contributed by atoms with E-state index in [1.54, 1.807) is 19.1 Å². The van der Waals surface area contributed by atoms with Gasteiger partial charge in [-0.05, 0) is 19.1 Å². The highest BCUT2D eigenvalue weighted by Gasteiger charge is 2.15. The first-order valence-corrected chi connectivity index (χ1v) is 5.39. The largest absolute Gasteiger partial charge is 0.396 e. The number of nitrogens with two attached hydrogens (primary N) is 1. The molecule has 6 heteroatoms. The summed E-state index contributed by atoms with van der Waals surface area (Å²) >= 11 is 6.97. The maximum absolute atomic E-state index is 11.9. The van der Waals surface area contributed by atoms with Gasteiger partial charge < -0.3 is 5.73 Å². The lowest BCUT2D eigenvalue weighted by molar-refractivity contribution is 0.0947. The molecule has 2 aromatic rings. The smallest absolute Gasteiger partial charge is 0.288 e. The molecule has 0 unspecified atom stereocenters. The number of rotatable bonds is 1. The lowest BCUT2D eigenvalue weighted by atomic mass is 10.4. The third kappa shape index (κ3) is 1.75. The summed E-state index contributed by atoms with van der Waals surface area (Å²) in [5.74, 6) is -0.207. The SMILES string of the molecule is Cc1c(N)cnn1C(=O)c1ccc(Cl)s1. The molecule has 0 aromatic carbocycles. The summed E-state index contributed by atoms with van der Waals surface area (Å²) in [5.41, 5.74) is 6.75. The molecular formula is C9H8ClN3OS. The third-order valence-corrected chi connectivity index (χ3v) is 3.24. The van der Waals surface area contributed by atoms with Gasteiger partial charge >= 0.3 is 0 Å². The van der Waals surface area contributed by atoms with Crippen LogP contribution in [-0.2, 0) is 0 Å². The van der Waals surface area contributed by atoms with Gasteiger partial charge in [0.2, 0.25) is 0 Å². The van der Waals surface area contributed by atoms with Crippen LogP contribution in [0.15, 0.2) is 18.3 Å². The normalized spacial score (nSPS) is 10.5. The van der Waals surface area contributed by atoms with Crippen molar-refractivity contribution in [2.45, 2.75) is 6.92 Å². The van der Waals surface area contributed by atoms with Crippen molar-refractivity contribution in [3.8, 4) is 0 Å². The van der Waals surface area contributed by atoms with E-state index in [1.807, 2.05) is 0 Å². The lowest BCUT2D eigenvalue weighted by Gasteiger charge is -1.99. The maximum atomic E-state index is 11.9.